The van der Waals surface area contributed by atoms with Crippen LogP contribution in [-0.4, -0.2) is 34.7 Å². The fourth-order valence-corrected chi connectivity index (χ4v) is 1.85. The summed E-state index contributed by atoms with van der Waals surface area (Å²) in [5, 5.41) is 18.3. The smallest absolute Gasteiger partial charge is 0.335 e. The van der Waals surface area contributed by atoms with E-state index in [9.17, 15) is 14.7 Å². The lowest BCUT2D eigenvalue weighted by Gasteiger charge is -2.17. The SMILES string of the molecule is Nc1cc(C(=O)O)cc(N2CC(O)CC2=O)c1. The highest BCUT2D eigenvalue weighted by Crippen LogP contribution is 2.25. The van der Waals surface area contributed by atoms with Crippen molar-refractivity contribution in [3.63, 3.8) is 0 Å². The minimum Gasteiger partial charge on any atom is -0.478 e. The summed E-state index contributed by atoms with van der Waals surface area (Å²) in [6.07, 6.45) is -0.658. The van der Waals surface area contributed by atoms with Crippen molar-refractivity contribution in [1.82, 2.24) is 0 Å². The van der Waals surface area contributed by atoms with Crippen LogP contribution in [0, 0.1) is 0 Å². The van der Waals surface area contributed by atoms with Crippen molar-refractivity contribution in [1.29, 1.82) is 0 Å². The molecule has 1 aliphatic rings. The number of aliphatic hydroxyl groups is 1. The van der Waals surface area contributed by atoms with Gasteiger partial charge in [0.2, 0.25) is 5.91 Å². The molecule has 1 heterocycles. The Bertz CT molecular complexity index is 486. The molecule has 1 aromatic rings. The molecule has 6 heteroatoms. The highest BCUT2D eigenvalue weighted by Gasteiger charge is 2.29. The minimum atomic E-state index is -1.11. The molecule has 1 atom stereocenters. The third-order valence-electron chi connectivity index (χ3n) is 2.60. The maximum absolute atomic E-state index is 11.6. The fraction of sp³-hybridized carbons (Fsp3) is 0.273. The average molecular weight is 236 g/mol. The summed E-state index contributed by atoms with van der Waals surface area (Å²) in [7, 11) is 0. The van der Waals surface area contributed by atoms with Crippen LogP contribution in [0.1, 0.15) is 16.8 Å². The lowest BCUT2D eigenvalue weighted by molar-refractivity contribution is -0.117. The molecule has 0 aliphatic carbocycles. The minimum absolute atomic E-state index is 0.0224. The van der Waals surface area contributed by atoms with Gasteiger partial charge in [0.05, 0.1) is 24.6 Å². The van der Waals surface area contributed by atoms with Gasteiger partial charge in [0.25, 0.3) is 0 Å². The van der Waals surface area contributed by atoms with Crippen LogP contribution >= 0.6 is 0 Å². The molecular formula is C11H12N2O4. The van der Waals surface area contributed by atoms with Gasteiger partial charge >= 0.3 is 5.97 Å². The summed E-state index contributed by atoms with van der Waals surface area (Å²) in [5.41, 5.74) is 6.28. The molecule has 1 unspecified atom stereocenters. The molecule has 1 aliphatic heterocycles. The molecule has 1 aromatic carbocycles. The van der Waals surface area contributed by atoms with Gasteiger partial charge in [-0.2, -0.15) is 0 Å². The topological polar surface area (TPSA) is 104 Å². The predicted molar refractivity (Wildman–Crippen MR) is 60.8 cm³/mol. The third-order valence-corrected chi connectivity index (χ3v) is 2.60. The zero-order valence-electron chi connectivity index (χ0n) is 8.96. The molecule has 1 amide bonds. The molecule has 0 radical (unpaired) electrons. The summed E-state index contributed by atoms with van der Waals surface area (Å²) in [5.74, 6) is -1.34. The fourth-order valence-electron chi connectivity index (χ4n) is 1.85. The number of benzene rings is 1. The number of aromatic carboxylic acids is 1. The maximum atomic E-state index is 11.6. The van der Waals surface area contributed by atoms with Crippen LogP contribution in [0.3, 0.4) is 0 Å². The van der Waals surface area contributed by atoms with E-state index in [1.807, 2.05) is 0 Å². The van der Waals surface area contributed by atoms with Crippen LogP contribution in [0.15, 0.2) is 18.2 Å². The highest BCUT2D eigenvalue weighted by atomic mass is 16.4. The molecule has 6 nitrogen and oxygen atoms in total. The second kappa shape index (κ2) is 4.06. The summed E-state index contributed by atoms with van der Waals surface area (Å²) < 4.78 is 0. The van der Waals surface area contributed by atoms with Gasteiger partial charge in [0.1, 0.15) is 0 Å². The molecule has 90 valence electrons. The Hall–Kier alpha value is -2.08. The Morgan fingerprint density at radius 1 is 1.41 bits per heavy atom. The van der Waals surface area contributed by atoms with Gasteiger partial charge in [0, 0.05) is 11.4 Å². The van der Waals surface area contributed by atoms with Gasteiger partial charge in [-0.3, -0.25) is 4.79 Å². The lowest BCUT2D eigenvalue weighted by atomic mass is 10.1. The van der Waals surface area contributed by atoms with Crippen molar-refractivity contribution in [2.75, 3.05) is 17.2 Å². The number of carbonyl (C=O) groups excluding carboxylic acids is 1. The number of rotatable bonds is 2. The van der Waals surface area contributed by atoms with Crippen LogP contribution in [0.2, 0.25) is 0 Å². The number of nitrogens with two attached hydrogens (primary N) is 1. The Labute approximate surface area is 97.3 Å². The van der Waals surface area contributed by atoms with E-state index in [2.05, 4.69) is 0 Å². The van der Waals surface area contributed by atoms with Crippen LogP contribution < -0.4 is 10.6 Å². The number of β-amino-alcohol motifs (C(OH)–C–C–N with tert-alkyl or cyclic N) is 1. The number of hydrogen-bond donors (Lipinski definition) is 3. The Balaban J connectivity index is 2.39. The second-order valence-electron chi connectivity index (χ2n) is 3.98. The van der Waals surface area contributed by atoms with Gasteiger partial charge in [-0.25, -0.2) is 4.79 Å². The van der Waals surface area contributed by atoms with E-state index in [-0.39, 0.29) is 30.1 Å². The molecule has 17 heavy (non-hydrogen) atoms. The average Bonchev–Trinajstić information content (AvgIpc) is 2.57. The van der Waals surface area contributed by atoms with E-state index < -0.39 is 12.1 Å². The zero-order chi connectivity index (χ0) is 12.6. The molecule has 2 rings (SSSR count). The number of carbonyl (C=O) groups is 2. The highest BCUT2D eigenvalue weighted by molar-refractivity contribution is 5.98. The standard InChI is InChI=1S/C11H12N2O4/c12-7-1-6(11(16)17)2-8(3-7)13-5-9(14)4-10(13)15/h1-3,9,14H,4-5,12H2,(H,16,17). The largest absolute Gasteiger partial charge is 0.478 e. The van der Waals surface area contributed by atoms with E-state index >= 15 is 0 Å². The van der Waals surface area contributed by atoms with Crippen LogP contribution in [-0.2, 0) is 4.79 Å². The van der Waals surface area contributed by atoms with Crippen LogP contribution in [0.5, 0.6) is 0 Å². The molecule has 1 saturated heterocycles. The maximum Gasteiger partial charge on any atom is 0.335 e. The number of amides is 1. The second-order valence-corrected chi connectivity index (χ2v) is 3.98. The van der Waals surface area contributed by atoms with E-state index in [1.165, 1.54) is 23.1 Å². The van der Waals surface area contributed by atoms with Crippen molar-refractivity contribution < 1.29 is 19.8 Å². The van der Waals surface area contributed by atoms with E-state index in [0.717, 1.165) is 0 Å². The molecule has 1 fully saturated rings. The Morgan fingerprint density at radius 3 is 2.65 bits per heavy atom. The van der Waals surface area contributed by atoms with Crippen molar-refractivity contribution in [3.05, 3.63) is 23.8 Å². The van der Waals surface area contributed by atoms with Crippen molar-refractivity contribution in [2.45, 2.75) is 12.5 Å². The monoisotopic (exact) mass is 236 g/mol. The molecule has 0 saturated carbocycles. The number of aliphatic hydroxyl groups excluding tert-OH is 1. The number of carboxylic acid groups (broad SMARTS) is 1. The number of nitrogens with zero attached hydrogens (tertiary/aromatic N) is 1. The normalized spacial score (nSPS) is 19.7. The van der Waals surface area contributed by atoms with Gasteiger partial charge in [-0.1, -0.05) is 0 Å². The molecular weight excluding hydrogens is 224 g/mol. The van der Waals surface area contributed by atoms with Crippen molar-refractivity contribution >= 4 is 23.3 Å². The summed E-state index contributed by atoms with van der Waals surface area (Å²) in [6.45, 7) is 0.168. The van der Waals surface area contributed by atoms with Gasteiger partial charge in [-0.05, 0) is 18.2 Å². The first-order chi connectivity index (χ1) is 7.97. The molecule has 4 N–H and O–H groups in total. The molecule has 0 spiro atoms. The first kappa shape index (κ1) is 11.4. The summed E-state index contributed by atoms with van der Waals surface area (Å²) >= 11 is 0. The van der Waals surface area contributed by atoms with Crippen molar-refractivity contribution in [2.24, 2.45) is 0 Å². The molecule has 0 bridgehead atoms. The van der Waals surface area contributed by atoms with Gasteiger partial charge in [0.15, 0.2) is 0 Å². The van der Waals surface area contributed by atoms with Crippen LogP contribution in [0.25, 0.3) is 0 Å². The first-order valence-electron chi connectivity index (χ1n) is 5.09. The van der Waals surface area contributed by atoms with Gasteiger partial charge < -0.3 is 20.8 Å². The summed E-state index contributed by atoms with van der Waals surface area (Å²) in [4.78, 5) is 23.8. The predicted octanol–water partition coefficient (Wildman–Crippen LogP) is 0.0646. The summed E-state index contributed by atoms with van der Waals surface area (Å²) in [6, 6.07) is 4.21. The van der Waals surface area contributed by atoms with E-state index in [0.29, 0.717) is 5.69 Å². The number of carboxylic acids is 1. The lowest BCUT2D eigenvalue weighted by Crippen LogP contribution is -2.25. The Morgan fingerprint density at radius 2 is 2.12 bits per heavy atom. The zero-order valence-corrected chi connectivity index (χ0v) is 8.96. The Kier molecular flexibility index (Phi) is 2.72. The quantitative estimate of drug-likeness (QED) is 0.630. The third kappa shape index (κ3) is 2.21. The number of nitrogen functional groups attached to an aromatic ring is 1. The number of anilines is 2. The first-order valence-corrected chi connectivity index (χ1v) is 5.09. The van der Waals surface area contributed by atoms with Crippen molar-refractivity contribution in [3.8, 4) is 0 Å². The number of hydrogen-bond acceptors (Lipinski definition) is 4. The van der Waals surface area contributed by atoms with Gasteiger partial charge in [-0.15, -0.1) is 0 Å². The van der Waals surface area contributed by atoms with Crippen LogP contribution in [0.4, 0.5) is 11.4 Å². The van der Waals surface area contributed by atoms with E-state index in [1.54, 1.807) is 0 Å². The van der Waals surface area contributed by atoms with E-state index in [4.69, 9.17) is 10.8 Å². The molecule has 0 aromatic heterocycles.